The van der Waals surface area contributed by atoms with Crippen LogP contribution in [-0.4, -0.2) is 34.1 Å². The van der Waals surface area contributed by atoms with Gasteiger partial charge in [-0.2, -0.15) is 0 Å². The van der Waals surface area contributed by atoms with Gasteiger partial charge in [-0.3, -0.25) is 9.59 Å². The molecule has 3 aromatic rings. The molecule has 0 bridgehead atoms. The van der Waals surface area contributed by atoms with E-state index in [9.17, 15) is 9.59 Å². The number of amides is 2. The van der Waals surface area contributed by atoms with Gasteiger partial charge in [-0.25, -0.2) is 9.97 Å². The van der Waals surface area contributed by atoms with Crippen LogP contribution in [0.5, 0.6) is 0 Å². The van der Waals surface area contributed by atoms with E-state index in [0.717, 1.165) is 27.4 Å². The Morgan fingerprint density at radius 2 is 1.63 bits per heavy atom. The summed E-state index contributed by atoms with van der Waals surface area (Å²) < 4.78 is 0. The average Bonchev–Trinajstić information content (AvgIpc) is 2.67. The van der Waals surface area contributed by atoms with Crippen molar-refractivity contribution in [3.63, 3.8) is 0 Å². The van der Waals surface area contributed by atoms with Crippen LogP contribution >= 0.6 is 11.8 Å². The number of nitrogens with two attached hydrogens (primary N) is 1. The van der Waals surface area contributed by atoms with Gasteiger partial charge in [0.15, 0.2) is 0 Å². The molecule has 1 heterocycles. The second-order valence-electron chi connectivity index (χ2n) is 5.99. The lowest BCUT2D eigenvalue weighted by molar-refractivity contribution is -0.118. The summed E-state index contributed by atoms with van der Waals surface area (Å²) in [5.41, 5.74) is 8.41. The molecule has 1 aromatic heterocycles. The molecule has 0 saturated carbocycles. The summed E-state index contributed by atoms with van der Waals surface area (Å²) >= 11 is 1.35. The fourth-order valence-corrected chi connectivity index (χ4v) is 3.48. The summed E-state index contributed by atoms with van der Waals surface area (Å²) in [6.45, 7) is 2.13. The number of carbonyl (C=O) groups is 2. The molecule has 2 N–H and O–H groups in total. The van der Waals surface area contributed by atoms with Crippen molar-refractivity contribution in [2.24, 2.45) is 5.73 Å². The minimum Gasteiger partial charge on any atom is -0.370 e. The normalized spacial score (nSPS) is 10.7. The lowest BCUT2D eigenvalue weighted by Gasteiger charge is -2.22. The SMILES string of the molecule is Cc1nc2ccccc2nc1SCC(=O)N(CCC(N)=O)c1ccccc1. The third kappa shape index (κ3) is 4.83. The van der Waals surface area contributed by atoms with Crippen molar-refractivity contribution in [2.75, 3.05) is 17.2 Å². The molecule has 2 aromatic carbocycles. The maximum Gasteiger partial charge on any atom is 0.237 e. The molecule has 0 radical (unpaired) electrons. The Kier molecular flexibility index (Phi) is 6.03. The van der Waals surface area contributed by atoms with E-state index in [4.69, 9.17) is 5.73 Å². The highest BCUT2D eigenvalue weighted by Gasteiger charge is 2.18. The Labute approximate surface area is 161 Å². The predicted octanol–water partition coefficient (Wildman–Crippen LogP) is 2.94. The maximum atomic E-state index is 12.8. The number of hydrogen-bond donors (Lipinski definition) is 1. The Bertz CT molecular complexity index is 963. The van der Waals surface area contributed by atoms with Gasteiger partial charge in [-0.05, 0) is 31.2 Å². The number of nitrogens with zero attached hydrogens (tertiary/aromatic N) is 3. The first-order valence-electron chi connectivity index (χ1n) is 8.54. The van der Waals surface area contributed by atoms with Crippen molar-refractivity contribution in [1.29, 1.82) is 0 Å². The molecule has 0 spiro atoms. The number of carbonyl (C=O) groups excluding carboxylic acids is 2. The van der Waals surface area contributed by atoms with Crippen molar-refractivity contribution in [1.82, 2.24) is 9.97 Å². The minimum atomic E-state index is -0.437. The number of para-hydroxylation sites is 3. The van der Waals surface area contributed by atoms with Crippen molar-refractivity contribution in [3.05, 3.63) is 60.3 Å². The van der Waals surface area contributed by atoms with Gasteiger partial charge in [0, 0.05) is 18.7 Å². The first-order chi connectivity index (χ1) is 13.0. The van der Waals surface area contributed by atoms with E-state index in [2.05, 4.69) is 9.97 Å². The molecule has 0 aliphatic rings. The highest BCUT2D eigenvalue weighted by atomic mass is 32.2. The average molecular weight is 380 g/mol. The van der Waals surface area contributed by atoms with E-state index < -0.39 is 5.91 Å². The van der Waals surface area contributed by atoms with Gasteiger partial charge in [0.05, 0.1) is 22.5 Å². The van der Waals surface area contributed by atoms with Gasteiger partial charge in [-0.1, -0.05) is 42.1 Å². The summed E-state index contributed by atoms with van der Waals surface area (Å²) in [5.74, 6) is -0.351. The number of benzene rings is 2. The van der Waals surface area contributed by atoms with Crippen molar-refractivity contribution >= 4 is 40.3 Å². The molecule has 0 fully saturated rings. The first-order valence-corrected chi connectivity index (χ1v) is 9.53. The van der Waals surface area contributed by atoms with Crippen LogP contribution in [0.25, 0.3) is 11.0 Å². The number of aromatic nitrogens is 2. The van der Waals surface area contributed by atoms with Crippen LogP contribution in [0.1, 0.15) is 12.1 Å². The zero-order valence-electron chi connectivity index (χ0n) is 15.0. The van der Waals surface area contributed by atoms with Crippen LogP contribution in [0.2, 0.25) is 0 Å². The first kappa shape index (κ1) is 18.8. The molecule has 0 aliphatic carbocycles. The lowest BCUT2D eigenvalue weighted by Crippen LogP contribution is -2.35. The van der Waals surface area contributed by atoms with E-state index in [-0.39, 0.29) is 24.6 Å². The zero-order chi connectivity index (χ0) is 19.2. The number of primary amides is 1. The largest absolute Gasteiger partial charge is 0.370 e. The number of aryl methyl sites for hydroxylation is 1. The quantitative estimate of drug-likeness (QED) is 0.637. The van der Waals surface area contributed by atoms with Crippen LogP contribution in [0.3, 0.4) is 0 Å². The van der Waals surface area contributed by atoms with Gasteiger partial charge >= 0.3 is 0 Å². The van der Waals surface area contributed by atoms with Crippen LogP contribution in [-0.2, 0) is 9.59 Å². The second kappa shape index (κ2) is 8.64. The Hall–Kier alpha value is -2.93. The van der Waals surface area contributed by atoms with Gasteiger partial charge in [0.1, 0.15) is 5.03 Å². The predicted molar refractivity (Wildman–Crippen MR) is 108 cm³/mol. The van der Waals surface area contributed by atoms with Crippen molar-refractivity contribution in [3.8, 4) is 0 Å². The molecule has 0 unspecified atom stereocenters. The summed E-state index contributed by atoms with van der Waals surface area (Å²) in [7, 11) is 0. The molecule has 7 heteroatoms. The Balaban J connectivity index is 1.75. The molecule has 2 amide bonds. The third-order valence-corrected chi connectivity index (χ3v) is 5.04. The number of fused-ring (bicyclic) bond motifs is 1. The molecule has 138 valence electrons. The van der Waals surface area contributed by atoms with Crippen LogP contribution < -0.4 is 10.6 Å². The van der Waals surface area contributed by atoms with Gasteiger partial charge in [0.2, 0.25) is 11.8 Å². The van der Waals surface area contributed by atoms with Crippen LogP contribution in [0.4, 0.5) is 5.69 Å². The molecule has 0 saturated heterocycles. The minimum absolute atomic E-state index is 0.109. The summed E-state index contributed by atoms with van der Waals surface area (Å²) in [4.78, 5) is 34.7. The summed E-state index contributed by atoms with van der Waals surface area (Å²) in [6.07, 6.45) is 0.111. The maximum absolute atomic E-state index is 12.8. The van der Waals surface area contributed by atoms with E-state index in [0.29, 0.717) is 0 Å². The van der Waals surface area contributed by atoms with E-state index in [1.54, 1.807) is 4.90 Å². The van der Waals surface area contributed by atoms with Crippen LogP contribution in [0.15, 0.2) is 59.6 Å². The lowest BCUT2D eigenvalue weighted by atomic mass is 10.2. The molecular weight excluding hydrogens is 360 g/mol. The highest BCUT2D eigenvalue weighted by molar-refractivity contribution is 8.00. The molecule has 6 nitrogen and oxygen atoms in total. The standard InChI is InChI=1S/C20H20N4O2S/c1-14-20(23-17-10-6-5-9-16(17)22-14)27-13-19(26)24(12-11-18(21)25)15-7-3-2-4-8-15/h2-10H,11-13H2,1H3,(H2,21,25). The van der Waals surface area contributed by atoms with Crippen molar-refractivity contribution < 1.29 is 9.59 Å². The molecular formula is C20H20N4O2S. The fraction of sp³-hybridized carbons (Fsp3) is 0.200. The van der Waals surface area contributed by atoms with Gasteiger partial charge in [0.25, 0.3) is 0 Å². The summed E-state index contributed by atoms with van der Waals surface area (Å²) in [5, 5.41) is 0.727. The van der Waals surface area contributed by atoms with Gasteiger partial charge in [-0.15, -0.1) is 0 Å². The molecule has 3 rings (SSSR count). The molecule has 27 heavy (non-hydrogen) atoms. The van der Waals surface area contributed by atoms with E-state index in [1.165, 1.54) is 11.8 Å². The second-order valence-corrected chi connectivity index (χ2v) is 6.95. The zero-order valence-corrected chi connectivity index (χ0v) is 15.8. The molecule has 0 atom stereocenters. The smallest absolute Gasteiger partial charge is 0.237 e. The van der Waals surface area contributed by atoms with E-state index in [1.807, 2.05) is 61.5 Å². The van der Waals surface area contributed by atoms with Crippen molar-refractivity contribution in [2.45, 2.75) is 18.4 Å². The molecule has 0 aliphatic heterocycles. The number of rotatable bonds is 7. The van der Waals surface area contributed by atoms with E-state index >= 15 is 0 Å². The monoisotopic (exact) mass is 380 g/mol. The topological polar surface area (TPSA) is 89.2 Å². The van der Waals surface area contributed by atoms with Crippen LogP contribution in [0, 0.1) is 6.92 Å². The number of anilines is 1. The number of thioether (sulfide) groups is 1. The highest BCUT2D eigenvalue weighted by Crippen LogP contribution is 2.23. The Morgan fingerprint density at radius 3 is 2.30 bits per heavy atom. The van der Waals surface area contributed by atoms with Gasteiger partial charge < -0.3 is 10.6 Å². The Morgan fingerprint density at radius 1 is 1.00 bits per heavy atom. The fourth-order valence-electron chi connectivity index (χ4n) is 2.64. The third-order valence-electron chi connectivity index (χ3n) is 3.98. The summed E-state index contributed by atoms with van der Waals surface area (Å²) in [6, 6.07) is 16.9. The number of hydrogen-bond acceptors (Lipinski definition) is 5.